The Morgan fingerprint density at radius 1 is 1.30 bits per heavy atom. The number of esters is 1. The number of rotatable bonds is 7. The lowest BCUT2D eigenvalue weighted by atomic mass is 9.96. The molecule has 0 radical (unpaired) electrons. The summed E-state index contributed by atoms with van der Waals surface area (Å²) in [5, 5.41) is 18.6. The molecule has 0 spiro atoms. The number of carbonyl (C=O) groups excluding carboxylic acids is 2. The molecule has 0 bridgehead atoms. The Balaban J connectivity index is 1.87. The van der Waals surface area contributed by atoms with E-state index >= 15 is 0 Å². The molecule has 0 aromatic carbocycles. The first kappa shape index (κ1) is 22.6. The highest BCUT2D eigenvalue weighted by molar-refractivity contribution is 8.00. The van der Waals surface area contributed by atoms with Gasteiger partial charge in [-0.3, -0.25) is 4.79 Å². The van der Waals surface area contributed by atoms with Gasteiger partial charge < -0.3 is 19.7 Å². The SMILES string of the molecule is CCOC(=O)c1c(NC(=O)C(CC)Sc2c([O-])on[n+]2C)sc2c1CCCCCC2. The number of anilines is 1. The van der Waals surface area contributed by atoms with Gasteiger partial charge in [0.05, 0.1) is 22.7 Å². The number of hydrogen-bond donors (Lipinski definition) is 1. The Hall–Kier alpha value is -2.07. The Morgan fingerprint density at radius 2 is 2.03 bits per heavy atom. The fraction of sp³-hybridized carbons (Fsp3) is 0.600. The van der Waals surface area contributed by atoms with E-state index in [0.29, 0.717) is 17.0 Å². The summed E-state index contributed by atoms with van der Waals surface area (Å²) in [5.41, 5.74) is 1.51. The van der Waals surface area contributed by atoms with Crippen LogP contribution in [0.3, 0.4) is 0 Å². The molecular formula is C20H27N3O5S2. The quantitative estimate of drug-likeness (QED) is 0.390. The third-order valence-electron chi connectivity index (χ3n) is 5.02. The van der Waals surface area contributed by atoms with Crippen LogP contribution >= 0.6 is 23.1 Å². The van der Waals surface area contributed by atoms with Gasteiger partial charge in [0, 0.05) is 4.88 Å². The zero-order valence-electron chi connectivity index (χ0n) is 17.5. The third-order valence-corrected chi connectivity index (χ3v) is 7.71. The van der Waals surface area contributed by atoms with Crippen LogP contribution in [0.1, 0.15) is 66.8 Å². The predicted octanol–water partition coefficient (Wildman–Crippen LogP) is 2.98. The van der Waals surface area contributed by atoms with E-state index in [1.54, 1.807) is 14.0 Å². The zero-order valence-corrected chi connectivity index (χ0v) is 19.1. The van der Waals surface area contributed by atoms with Crippen molar-refractivity contribution < 1.29 is 28.6 Å². The molecule has 2 heterocycles. The average molecular weight is 454 g/mol. The summed E-state index contributed by atoms with van der Waals surface area (Å²) in [6.07, 6.45) is 6.64. The predicted molar refractivity (Wildman–Crippen MR) is 112 cm³/mol. The summed E-state index contributed by atoms with van der Waals surface area (Å²) >= 11 is 2.58. The highest BCUT2D eigenvalue weighted by Crippen LogP contribution is 2.38. The van der Waals surface area contributed by atoms with Crippen LogP contribution in [-0.2, 0) is 29.4 Å². The van der Waals surface area contributed by atoms with Crippen molar-refractivity contribution in [1.82, 2.24) is 5.27 Å². The largest absolute Gasteiger partial charge is 0.538 e. The van der Waals surface area contributed by atoms with Crippen molar-refractivity contribution in [1.29, 1.82) is 0 Å². The molecule has 1 amide bonds. The topological polar surface area (TPSA) is 108 Å². The molecule has 0 aliphatic heterocycles. The van der Waals surface area contributed by atoms with Gasteiger partial charge in [0.15, 0.2) is 13.0 Å². The molecule has 10 heteroatoms. The van der Waals surface area contributed by atoms with E-state index in [9.17, 15) is 14.7 Å². The number of amides is 1. The van der Waals surface area contributed by atoms with Gasteiger partial charge in [0.2, 0.25) is 5.91 Å². The van der Waals surface area contributed by atoms with Crippen LogP contribution in [0.25, 0.3) is 0 Å². The monoisotopic (exact) mass is 453 g/mol. The van der Waals surface area contributed by atoms with Crippen LogP contribution in [-0.4, -0.2) is 29.0 Å². The number of aryl methyl sites for hydroxylation is 2. The molecule has 1 unspecified atom stereocenters. The van der Waals surface area contributed by atoms with Crippen molar-refractivity contribution in [3.8, 4) is 5.95 Å². The molecule has 2 aromatic heterocycles. The van der Waals surface area contributed by atoms with Gasteiger partial charge in [0.25, 0.3) is 5.03 Å². The average Bonchev–Trinajstić information content (AvgIpc) is 3.19. The van der Waals surface area contributed by atoms with Gasteiger partial charge >= 0.3 is 5.97 Å². The smallest absolute Gasteiger partial charge is 0.341 e. The second-order valence-electron chi connectivity index (χ2n) is 7.14. The molecule has 3 rings (SSSR count). The van der Waals surface area contributed by atoms with Gasteiger partial charge in [-0.25, -0.2) is 4.79 Å². The Morgan fingerprint density at radius 3 is 2.67 bits per heavy atom. The van der Waals surface area contributed by atoms with Crippen LogP contribution in [0.4, 0.5) is 5.00 Å². The second kappa shape index (κ2) is 10.3. The molecule has 1 N–H and O–H groups in total. The lowest BCUT2D eigenvalue weighted by Crippen LogP contribution is -2.34. The Labute approximate surface area is 183 Å². The summed E-state index contributed by atoms with van der Waals surface area (Å²) in [6, 6.07) is 0. The Kier molecular flexibility index (Phi) is 7.76. The van der Waals surface area contributed by atoms with E-state index in [-0.39, 0.29) is 23.5 Å². The van der Waals surface area contributed by atoms with E-state index in [2.05, 4.69) is 15.1 Å². The van der Waals surface area contributed by atoms with Crippen LogP contribution in [0.2, 0.25) is 0 Å². The van der Waals surface area contributed by atoms with Gasteiger partial charge in [0.1, 0.15) is 5.00 Å². The number of nitrogens with zero attached hydrogens (tertiary/aromatic N) is 2. The number of thiophene rings is 1. The standard InChI is InChI=1S/C20H27N3O5S2/c1-4-13(30-18-20(26)28-22-23(18)3)16(24)21-17-15(19(25)27-5-2)12-10-8-6-7-9-11-14(12)29-17/h13H,4-11H2,1-3H3,(H-,21,22,24,25,26). The van der Waals surface area contributed by atoms with Gasteiger partial charge in [-0.1, -0.05) is 24.4 Å². The highest BCUT2D eigenvalue weighted by Gasteiger charge is 2.30. The molecule has 30 heavy (non-hydrogen) atoms. The third kappa shape index (κ3) is 4.97. The Bertz CT molecular complexity index is 889. The van der Waals surface area contributed by atoms with Gasteiger partial charge in [-0.05, 0) is 56.4 Å². The van der Waals surface area contributed by atoms with Crippen molar-refractivity contribution in [2.75, 3.05) is 11.9 Å². The molecule has 2 aromatic rings. The van der Waals surface area contributed by atoms with Crippen molar-refractivity contribution in [2.24, 2.45) is 7.05 Å². The van der Waals surface area contributed by atoms with E-state index in [1.807, 2.05) is 6.92 Å². The first-order valence-corrected chi connectivity index (χ1v) is 12.0. The number of aromatic nitrogens is 2. The van der Waals surface area contributed by atoms with Gasteiger partial charge in [-0.2, -0.15) is 0 Å². The van der Waals surface area contributed by atoms with E-state index in [0.717, 1.165) is 54.3 Å². The molecular weight excluding hydrogens is 426 g/mol. The van der Waals surface area contributed by atoms with Crippen molar-refractivity contribution in [3.63, 3.8) is 0 Å². The molecule has 164 valence electrons. The maximum Gasteiger partial charge on any atom is 0.341 e. The van der Waals surface area contributed by atoms with E-state index in [4.69, 9.17) is 4.74 Å². The van der Waals surface area contributed by atoms with Crippen LogP contribution < -0.4 is 15.1 Å². The summed E-state index contributed by atoms with van der Waals surface area (Å²) < 4.78 is 11.3. The van der Waals surface area contributed by atoms with Crippen LogP contribution in [0.5, 0.6) is 5.95 Å². The van der Waals surface area contributed by atoms with E-state index < -0.39 is 11.2 Å². The molecule has 1 atom stereocenters. The fourth-order valence-corrected chi connectivity index (χ4v) is 5.71. The van der Waals surface area contributed by atoms with Crippen molar-refractivity contribution in [3.05, 3.63) is 16.0 Å². The maximum absolute atomic E-state index is 13.0. The van der Waals surface area contributed by atoms with Crippen LogP contribution in [0, 0.1) is 0 Å². The summed E-state index contributed by atoms with van der Waals surface area (Å²) in [7, 11) is 1.59. The molecule has 0 fully saturated rings. The lowest BCUT2D eigenvalue weighted by molar-refractivity contribution is -0.772. The first-order chi connectivity index (χ1) is 14.5. The maximum atomic E-state index is 13.0. The zero-order chi connectivity index (χ0) is 21.7. The molecule has 1 aliphatic carbocycles. The molecule has 0 saturated heterocycles. The molecule has 0 saturated carbocycles. The minimum atomic E-state index is -0.569. The number of thioether (sulfide) groups is 1. The number of nitrogens with one attached hydrogen (secondary N) is 1. The molecule has 8 nitrogen and oxygen atoms in total. The van der Waals surface area contributed by atoms with Crippen molar-refractivity contribution in [2.45, 2.75) is 69.1 Å². The summed E-state index contributed by atoms with van der Waals surface area (Å²) in [6.45, 7) is 3.92. The number of ether oxygens (including phenoxy) is 1. The fourth-order valence-electron chi connectivity index (χ4n) is 3.51. The summed E-state index contributed by atoms with van der Waals surface area (Å²) in [4.78, 5) is 26.9. The molecule has 1 aliphatic rings. The van der Waals surface area contributed by atoms with Crippen LogP contribution in [0.15, 0.2) is 9.55 Å². The van der Waals surface area contributed by atoms with Crippen molar-refractivity contribution >= 4 is 40.0 Å². The normalized spacial score (nSPS) is 15.0. The minimum absolute atomic E-state index is 0.261. The highest BCUT2D eigenvalue weighted by atomic mass is 32.2. The second-order valence-corrected chi connectivity index (χ2v) is 9.43. The summed E-state index contributed by atoms with van der Waals surface area (Å²) in [5.74, 6) is -1.22. The lowest BCUT2D eigenvalue weighted by Gasteiger charge is -2.14. The number of fused-ring (bicyclic) bond motifs is 1. The number of hydrogen-bond acceptors (Lipinski definition) is 8. The van der Waals surface area contributed by atoms with Gasteiger partial charge in [-0.15, -0.1) is 11.3 Å². The first-order valence-electron chi connectivity index (χ1n) is 10.3. The number of carbonyl (C=O) groups is 2. The minimum Gasteiger partial charge on any atom is -0.538 e. The van der Waals surface area contributed by atoms with E-state index in [1.165, 1.54) is 22.4 Å².